The Balaban J connectivity index is 0.000000194. The predicted octanol–water partition coefficient (Wildman–Crippen LogP) is 7.22. The van der Waals surface area contributed by atoms with Gasteiger partial charge in [-0.1, -0.05) is 120 Å². The second-order valence-corrected chi connectivity index (χ2v) is 45.0. The standard InChI is InChI=1S/C28H36N2O5.C28H36O5.CH4.S14/c1-17-12-22-26(33,24(17)32)15-20(16-31)13-21-23-25(3,4)29-30-27(23,14-18(2)28(21,22)34)35-11-10-19-8-6-5-7-9-19;1-17-12-22-26(31,24(17)30)15-20(16-29)13-21-23-25(3,4)27(23,14-18(2)28(21,22)32)33-11-10-19-8-6-5-7-9-19;;1-3-5-7-9-11-13-14-12-10-8-6-4-2/h5-9,12-13,18,21-23,31,33-34H,10-11,14-16H2,1-4H3;5-9,12-13,18,21-23,29,31-32H,10-11,14-16H2,1-4H3;1H4;/t18-,21+,22-,23-,26-,27?,28-;18-,21+,22-,23-,26-,27+,28-;;/m11../s1. The van der Waals surface area contributed by atoms with Gasteiger partial charge in [-0.25, -0.2) is 0 Å². The Kier molecular flexibility index (Phi) is 23.9. The fourth-order valence-electron chi connectivity index (χ4n) is 15.1. The molecule has 83 heavy (non-hydrogen) atoms. The molecule has 1 aliphatic heterocycles. The van der Waals surface area contributed by atoms with Gasteiger partial charge in [0.05, 0.1) is 48.8 Å². The topological polar surface area (TPSA) is 199 Å². The number of benzene rings is 2. The van der Waals surface area contributed by atoms with Gasteiger partial charge in [0.15, 0.2) is 17.3 Å². The molecule has 6 N–H and O–H groups in total. The van der Waals surface area contributed by atoms with Crippen molar-refractivity contribution in [1.29, 1.82) is 0 Å². The minimum absolute atomic E-state index is 0. The molecule has 0 amide bonds. The lowest BCUT2D eigenvalue weighted by Gasteiger charge is -2.57. The number of hydrogen-bond donors (Lipinski definition) is 6. The van der Waals surface area contributed by atoms with E-state index in [1.54, 1.807) is 115 Å². The number of nitrogens with zero attached hydrogens (tertiary/aromatic N) is 2. The maximum Gasteiger partial charge on any atom is 0.190 e. The molecule has 2 aromatic carbocycles. The van der Waals surface area contributed by atoms with Gasteiger partial charge < -0.3 is 40.1 Å². The van der Waals surface area contributed by atoms with Crippen LogP contribution in [0.5, 0.6) is 0 Å². The van der Waals surface area contributed by atoms with Crippen LogP contribution in [0.15, 0.2) is 117 Å². The second-order valence-electron chi connectivity index (χ2n) is 23.8. The Morgan fingerprint density at radius 1 is 0.566 bits per heavy atom. The summed E-state index contributed by atoms with van der Waals surface area (Å²) in [6.45, 7) is 16.2. The van der Waals surface area contributed by atoms with E-state index in [1.807, 2.05) is 76.2 Å². The van der Waals surface area contributed by atoms with Crippen LogP contribution in [0.2, 0.25) is 0 Å². The molecule has 12 nitrogen and oxygen atoms in total. The third kappa shape index (κ3) is 13.5. The number of azo groups is 1. The van der Waals surface area contributed by atoms with E-state index in [-0.39, 0.29) is 85.7 Å². The maximum absolute atomic E-state index is 13.1. The van der Waals surface area contributed by atoms with Gasteiger partial charge in [-0.3, -0.25) is 9.59 Å². The molecular weight excluding hydrogens is 1320 g/mol. The molecule has 3 fully saturated rings. The largest absolute Gasteiger partial charge is 0.392 e. The summed E-state index contributed by atoms with van der Waals surface area (Å²) in [4.78, 5) is 26.1. The number of ketones is 2. The first-order valence-corrected chi connectivity index (χ1v) is 44.3. The van der Waals surface area contributed by atoms with Crippen molar-refractivity contribution in [3.8, 4) is 0 Å². The van der Waals surface area contributed by atoms with E-state index >= 15 is 0 Å². The van der Waals surface area contributed by atoms with Crippen molar-refractivity contribution in [3.63, 3.8) is 0 Å². The smallest absolute Gasteiger partial charge is 0.190 e. The molecule has 0 radical (unpaired) electrons. The normalized spacial score (nSPS) is 35.8. The van der Waals surface area contributed by atoms with Crippen LogP contribution in [0.1, 0.15) is 99.6 Å². The van der Waals surface area contributed by atoms with Crippen LogP contribution in [0.25, 0.3) is 0 Å². The minimum Gasteiger partial charge on any atom is -0.392 e. The average Bonchev–Trinajstić information content (AvgIpc) is 1.51. The number of aliphatic hydroxyl groups excluding tert-OH is 2. The van der Waals surface area contributed by atoms with Crippen LogP contribution in [-0.2, 0) is 161 Å². The molecule has 8 aliphatic rings. The first-order valence-electron chi connectivity index (χ1n) is 26.9. The van der Waals surface area contributed by atoms with Crippen LogP contribution in [0.4, 0.5) is 0 Å². The highest BCUT2D eigenvalue weighted by Gasteiger charge is 2.82. The van der Waals surface area contributed by atoms with E-state index in [1.165, 1.54) is 28.9 Å². The first-order chi connectivity index (χ1) is 38.9. The number of ether oxygens (including phenoxy) is 2. The fraction of sp³-hybridized carbons (Fsp3) is 0.614. The zero-order valence-corrected chi connectivity index (χ0v) is 58.1. The molecule has 0 spiro atoms. The lowest BCUT2D eigenvalue weighted by molar-refractivity contribution is -0.226. The lowest BCUT2D eigenvalue weighted by atomic mass is 9.52. The van der Waals surface area contributed by atoms with E-state index in [0.29, 0.717) is 48.3 Å². The predicted molar refractivity (Wildman–Crippen MR) is 366 cm³/mol. The number of hydrogen-bond acceptors (Lipinski definition) is 14. The highest BCUT2D eigenvalue weighted by atomic mass is 33.5. The summed E-state index contributed by atoms with van der Waals surface area (Å²) in [5.41, 5.74) is -3.82. The summed E-state index contributed by atoms with van der Waals surface area (Å²) in [6, 6.07) is 20.4. The first kappa shape index (κ1) is 69.6. The third-order valence-electron chi connectivity index (χ3n) is 18.7. The molecule has 3 saturated carbocycles. The van der Waals surface area contributed by atoms with Crippen molar-refractivity contribution >= 4 is 141 Å². The molecule has 26 heteroatoms. The van der Waals surface area contributed by atoms with Gasteiger partial charge in [-0.2, -0.15) is 10.2 Å². The van der Waals surface area contributed by atoms with Crippen molar-refractivity contribution in [2.75, 3.05) is 26.4 Å². The summed E-state index contributed by atoms with van der Waals surface area (Å²) in [7, 11) is 19.9. The van der Waals surface area contributed by atoms with Crippen LogP contribution < -0.4 is 0 Å². The van der Waals surface area contributed by atoms with E-state index in [9.17, 15) is 40.2 Å². The second kappa shape index (κ2) is 28.5. The molecule has 14 atom stereocenters. The number of Topliss-reactive ketones (excluding diaryl/α,β-unsaturated/α-hetero) is 2. The molecule has 1 heterocycles. The van der Waals surface area contributed by atoms with Gasteiger partial charge in [0.2, 0.25) is 0 Å². The van der Waals surface area contributed by atoms with E-state index < -0.39 is 51.4 Å². The van der Waals surface area contributed by atoms with Crippen molar-refractivity contribution < 1.29 is 49.7 Å². The highest BCUT2D eigenvalue weighted by Crippen LogP contribution is 2.76. The van der Waals surface area contributed by atoms with Crippen molar-refractivity contribution in [1.82, 2.24) is 0 Å². The average molecular weight is 1400 g/mol. The number of aliphatic hydroxyl groups is 6. The maximum atomic E-state index is 13.1. The molecule has 7 aliphatic carbocycles. The summed E-state index contributed by atoms with van der Waals surface area (Å²) in [5.74, 6) is -3.88. The molecule has 0 aromatic heterocycles. The Hall–Kier alpha value is -0.900. The number of carbonyl (C=O) groups excluding carboxylic acids is 2. The minimum atomic E-state index is -1.78. The summed E-state index contributed by atoms with van der Waals surface area (Å²) in [6.07, 6.45) is 10.0. The highest BCUT2D eigenvalue weighted by molar-refractivity contribution is 8.76. The number of rotatable bonds is 10. The van der Waals surface area contributed by atoms with Crippen LogP contribution in [0.3, 0.4) is 0 Å². The van der Waals surface area contributed by atoms with Gasteiger partial charge in [0.25, 0.3) is 0 Å². The number of carbonyl (C=O) groups is 2. The molecule has 0 bridgehead atoms. The zero-order chi connectivity index (χ0) is 59.5. The Bertz CT molecular complexity index is 3490. The van der Waals surface area contributed by atoms with E-state index in [2.05, 4.69) is 43.2 Å². The van der Waals surface area contributed by atoms with Gasteiger partial charge in [-0.05, 0) is 92.2 Å². The summed E-state index contributed by atoms with van der Waals surface area (Å²) < 4.78 is 13.2. The molecule has 1 unspecified atom stereocenters. The lowest BCUT2D eigenvalue weighted by Crippen LogP contribution is -2.67. The quantitative estimate of drug-likeness (QED) is 0.131. The fourth-order valence-corrected chi connectivity index (χ4v) is 42.6. The molecule has 458 valence electrons. The van der Waals surface area contributed by atoms with Crippen molar-refractivity contribution in [2.24, 2.45) is 63.0 Å². The van der Waals surface area contributed by atoms with E-state index in [0.717, 1.165) is 12.8 Å². The van der Waals surface area contributed by atoms with Gasteiger partial charge in [-0.15, -0.1) is 0 Å². The van der Waals surface area contributed by atoms with Gasteiger partial charge >= 0.3 is 0 Å². The number of fused-ring (bicyclic) bond motifs is 10. The Labute approximate surface area is 533 Å². The summed E-state index contributed by atoms with van der Waals surface area (Å²) >= 11 is 9.43. The molecular formula is C57H76N2O10S14. The van der Waals surface area contributed by atoms with Gasteiger partial charge in [0.1, 0.15) is 11.2 Å². The molecule has 0 saturated heterocycles. The Morgan fingerprint density at radius 3 is 1.39 bits per heavy atom. The van der Waals surface area contributed by atoms with E-state index in [4.69, 9.17) is 37.0 Å². The van der Waals surface area contributed by atoms with Crippen molar-refractivity contribution in [3.05, 3.63) is 118 Å². The monoisotopic (exact) mass is 1400 g/mol. The summed E-state index contributed by atoms with van der Waals surface area (Å²) in [5, 5.41) is 77.7. The van der Waals surface area contributed by atoms with Crippen LogP contribution in [-0.4, -0.2) is 108 Å². The molecule has 10 rings (SSSR count). The van der Waals surface area contributed by atoms with Crippen molar-refractivity contribution in [2.45, 2.75) is 141 Å². The zero-order valence-electron chi connectivity index (χ0n) is 46.7. The van der Waals surface area contributed by atoms with Gasteiger partial charge in [0, 0.05) is 189 Å². The van der Waals surface area contributed by atoms with Crippen LogP contribution >= 0.6 is 0 Å². The Morgan fingerprint density at radius 2 is 0.964 bits per heavy atom. The molecule has 2 aromatic rings. The SMILES string of the molecule is C.CC1=C[C@H]2[C@@]3(O)[C@H](C)CC4(OCCc5ccccc5)N=NC(C)(C)[C@H]4[C@@H]3C=C(CO)C[C@]2(O)C1=O.CC1=C[C@H]2[C@@]3(O)[C@H](C)C[C@]4(OCCc5ccccc5)[C@H]([C@@H]3C=C(CO)C[C@]2(O)C1=O)C4(C)C.S=S=S=S=S=S=S=S=S=S=S=S=S=S. The third-order valence-corrected chi connectivity index (χ3v) is 43.1. The van der Waals surface area contributed by atoms with Crippen LogP contribution in [0, 0.1) is 52.8 Å².